The van der Waals surface area contributed by atoms with Crippen LogP contribution in [0.4, 0.5) is 0 Å². The van der Waals surface area contributed by atoms with Gasteiger partial charge in [-0.25, -0.2) is 4.98 Å². The van der Waals surface area contributed by atoms with Gasteiger partial charge in [0.1, 0.15) is 11.5 Å². The summed E-state index contributed by atoms with van der Waals surface area (Å²) in [6.45, 7) is 8.97. The minimum absolute atomic E-state index is 0. The van der Waals surface area contributed by atoms with Crippen LogP contribution >= 0.6 is 0 Å². The molecule has 4 aromatic carbocycles. The second-order valence-corrected chi connectivity index (χ2v) is 20.5. The maximum Gasteiger partial charge on any atom is 0.130 e. The van der Waals surface area contributed by atoms with E-state index in [-0.39, 0.29) is 46.1 Å². The molecule has 8 aliphatic carbocycles. The van der Waals surface area contributed by atoms with Crippen LogP contribution in [0, 0.1) is 84.0 Å². The summed E-state index contributed by atoms with van der Waals surface area (Å²) < 4.78 is 13.1. The van der Waals surface area contributed by atoms with Crippen LogP contribution in [0.5, 0.6) is 11.5 Å². The van der Waals surface area contributed by atoms with Crippen molar-refractivity contribution in [2.75, 3.05) is 14.2 Å². The fourth-order valence-corrected chi connectivity index (χ4v) is 14.9. The van der Waals surface area contributed by atoms with Gasteiger partial charge in [0.25, 0.3) is 0 Å². The third-order valence-corrected chi connectivity index (χ3v) is 16.3. The summed E-state index contributed by atoms with van der Waals surface area (Å²) in [7, 11) is 3.80. The van der Waals surface area contributed by atoms with Crippen molar-refractivity contribution in [1.82, 2.24) is 4.98 Å². The van der Waals surface area contributed by atoms with E-state index in [1.54, 1.807) is 0 Å². The first-order valence-corrected chi connectivity index (χ1v) is 22.7. The van der Waals surface area contributed by atoms with Crippen LogP contribution in [0.3, 0.4) is 0 Å². The number of pyridine rings is 1. The molecule has 8 saturated carbocycles. The number of methoxy groups -OCH3 is 2. The average molecular weight is 977 g/mol. The summed E-state index contributed by atoms with van der Waals surface area (Å²) in [5, 5.41) is 0. The molecule has 0 saturated heterocycles. The third kappa shape index (κ3) is 7.51. The van der Waals surface area contributed by atoms with E-state index in [1.165, 1.54) is 126 Å². The van der Waals surface area contributed by atoms with Gasteiger partial charge in [0.2, 0.25) is 0 Å². The molecule has 0 unspecified atom stereocenters. The monoisotopic (exact) mass is 977 g/mol. The second kappa shape index (κ2) is 16.9. The Morgan fingerprint density at radius 1 is 0.475 bits per heavy atom. The molecule has 4 heteroatoms. The summed E-state index contributed by atoms with van der Waals surface area (Å²) in [5.41, 5.74) is 17.4. The van der Waals surface area contributed by atoms with E-state index in [4.69, 9.17) is 14.5 Å². The summed E-state index contributed by atoms with van der Waals surface area (Å²) >= 11 is 0. The van der Waals surface area contributed by atoms with Crippen molar-refractivity contribution in [3.8, 4) is 56.3 Å². The van der Waals surface area contributed by atoms with Crippen molar-refractivity contribution in [2.45, 2.75) is 110 Å². The summed E-state index contributed by atoms with van der Waals surface area (Å²) in [6, 6.07) is 30.1. The fourth-order valence-electron chi connectivity index (χ4n) is 14.9. The fraction of sp³-hybridized carbons (Fsp3) is 0.456. The largest absolute Gasteiger partial charge is 0.496 e. The Hall–Kier alpha value is -3.50. The van der Waals surface area contributed by atoms with Gasteiger partial charge >= 0.3 is 0 Å². The Morgan fingerprint density at radius 2 is 0.918 bits per heavy atom. The van der Waals surface area contributed by atoms with E-state index < -0.39 is 0 Å². The number of aromatic nitrogens is 1. The predicted octanol–water partition coefficient (Wildman–Crippen LogP) is 14.9. The zero-order valence-electron chi connectivity index (χ0n) is 38.2. The normalized spacial score (nSPS) is 28.8. The van der Waals surface area contributed by atoms with Crippen LogP contribution in [0.15, 0.2) is 78.9 Å². The molecule has 8 aliphatic rings. The molecule has 13 rings (SSSR count). The summed E-state index contributed by atoms with van der Waals surface area (Å²) in [5.74, 6) is 8.83. The molecule has 61 heavy (non-hydrogen) atoms. The Labute approximate surface area is 386 Å². The molecule has 5 aromatic rings. The van der Waals surface area contributed by atoms with Crippen molar-refractivity contribution >= 4 is 0 Å². The van der Waals surface area contributed by atoms with Crippen LogP contribution < -0.4 is 9.47 Å². The molecule has 8 fully saturated rings. The van der Waals surface area contributed by atoms with Gasteiger partial charge in [-0.3, -0.25) is 0 Å². The van der Waals surface area contributed by atoms with E-state index >= 15 is 0 Å². The van der Waals surface area contributed by atoms with E-state index in [0.717, 1.165) is 75.4 Å². The van der Waals surface area contributed by atoms with Crippen LogP contribution in [-0.4, -0.2) is 19.2 Å². The quantitative estimate of drug-likeness (QED) is 0.115. The maximum absolute atomic E-state index is 6.55. The molecule has 8 bridgehead atoms. The first-order valence-electron chi connectivity index (χ1n) is 22.7. The smallest absolute Gasteiger partial charge is 0.130 e. The maximum atomic E-state index is 6.55. The van der Waals surface area contributed by atoms with Crippen LogP contribution in [0.25, 0.3) is 44.8 Å². The van der Waals surface area contributed by atoms with Gasteiger partial charge in [-0.15, -0.1) is 0 Å². The van der Waals surface area contributed by atoms with E-state index in [9.17, 15) is 0 Å². The number of benzene rings is 4. The molecule has 0 spiro atoms. The molecule has 318 valence electrons. The van der Waals surface area contributed by atoms with Crippen molar-refractivity contribution in [3.63, 3.8) is 0 Å². The van der Waals surface area contributed by atoms with Gasteiger partial charge in [0.05, 0.1) is 25.6 Å². The Kier molecular flexibility index (Phi) is 12.2. The molecule has 3 nitrogen and oxygen atoms in total. The van der Waals surface area contributed by atoms with Gasteiger partial charge in [0, 0.05) is 53.7 Å². The predicted molar refractivity (Wildman–Crippen MR) is 250 cm³/mol. The summed E-state index contributed by atoms with van der Waals surface area (Å²) in [4.78, 5) is 5.59. The SMILES string of the molecule is COc1c(-c2ccc(C)cc2-c2cccc(-c3cc(C)ccc3-c3cc(C)cc(C45CC6CC(CC(C6)C4)C5)c3OC)n2)cc(C)cc1C1C2CC3CC(C2)CC1C3.[CH3-].[CH3-].[Hf]. The van der Waals surface area contributed by atoms with Crippen LogP contribution in [0.2, 0.25) is 0 Å². The first-order chi connectivity index (χ1) is 28.1. The minimum atomic E-state index is 0. The van der Waals surface area contributed by atoms with Gasteiger partial charge in [-0.2, -0.15) is 0 Å². The molecule has 1 aromatic heterocycles. The van der Waals surface area contributed by atoms with E-state index in [2.05, 4.69) is 107 Å². The number of nitrogens with zero attached hydrogens (tertiary/aromatic N) is 1. The number of hydrogen-bond acceptors (Lipinski definition) is 3. The van der Waals surface area contributed by atoms with E-state index in [0.29, 0.717) is 5.92 Å². The van der Waals surface area contributed by atoms with Crippen LogP contribution in [0.1, 0.15) is 110 Å². The first kappa shape index (κ1) is 44.1. The zero-order valence-corrected chi connectivity index (χ0v) is 41.8. The molecule has 0 aliphatic heterocycles. The number of rotatable bonds is 8. The second-order valence-electron chi connectivity index (χ2n) is 20.5. The molecular formula is C57H67HfNO2-2. The molecule has 1 heterocycles. The third-order valence-electron chi connectivity index (χ3n) is 16.3. The topological polar surface area (TPSA) is 31.4 Å². The van der Waals surface area contributed by atoms with Gasteiger partial charge in [-0.1, -0.05) is 53.6 Å². The number of aryl methyl sites for hydroxylation is 4. The molecule has 0 atom stereocenters. The van der Waals surface area contributed by atoms with E-state index in [1.807, 2.05) is 14.2 Å². The van der Waals surface area contributed by atoms with Gasteiger partial charge in [-0.05, 0) is 215 Å². The van der Waals surface area contributed by atoms with Crippen molar-refractivity contribution in [2.24, 2.45) is 41.4 Å². The van der Waals surface area contributed by atoms with Crippen LogP contribution in [-0.2, 0) is 31.3 Å². The van der Waals surface area contributed by atoms with Gasteiger partial charge in [0.15, 0.2) is 0 Å². The van der Waals surface area contributed by atoms with Crippen molar-refractivity contribution in [1.29, 1.82) is 0 Å². The summed E-state index contributed by atoms with van der Waals surface area (Å²) in [6.07, 6.45) is 15.3. The zero-order chi connectivity index (χ0) is 39.4. The van der Waals surface area contributed by atoms with Crippen molar-refractivity contribution in [3.05, 3.63) is 127 Å². The standard InChI is InChI=1S/C55H61NO2.2CH3.Hf/c1-31-10-12-42(46-16-33(3)18-48(53(46)57-5)52-40-24-35-20-36(26-40)27-41(52)25-35)44(14-31)50-8-7-9-51(56-50)45-15-32(2)11-13-43(45)47-17-34(4)19-49(54(47)58-6)55-28-37-21-38(29-55)23-39(22-37)30-55;;;/h7-19,35-41,52H,20-30H2,1-6H3;2*1H3;/q;2*-1;. The molecular weight excluding hydrogens is 909 g/mol. The molecule has 0 amide bonds. The number of ether oxygens (including phenoxy) is 2. The molecule has 0 radical (unpaired) electrons. The Morgan fingerprint density at radius 3 is 1.41 bits per heavy atom. The number of hydrogen-bond donors (Lipinski definition) is 0. The Balaban J connectivity index is 0.00000171. The Bertz CT molecular complexity index is 2380. The molecule has 0 N–H and O–H groups in total. The van der Waals surface area contributed by atoms with Gasteiger partial charge < -0.3 is 24.3 Å². The minimum Gasteiger partial charge on any atom is -0.496 e. The van der Waals surface area contributed by atoms with Crippen molar-refractivity contribution < 1.29 is 35.3 Å². The average Bonchev–Trinajstić information content (AvgIpc) is 3.19.